The Labute approximate surface area is 226 Å². The Kier molecular flexibility index (Phi) is 8.66. The van der Waals surface area contributed by atoms with Crippen LogP contribution in [-0.4, -0.2) is 72.4 Å². The second kappa shape index (κ2) is 12.5. The van der Waals surface area contributed by atoms with Crippen LogP contribution in [0, 0.1) is 0 Å². The van der Waals surface area contributed by atoms with Crippen LogP contribution in [0.25, 0.3) is 21.5 Å². The van der Waals surface area contributed by atoms with Crippen molar-refractivity contribution in [1.82, 2.24) is 15.1 Å². The number of nitrogens with zero attached hydrogens (tertiary/aromatic N) is 2. The maximum Gasteiger partial charge on any atom is 0.233 e. The molecule has 4 aromatic rings. The van der Waals surface area contributed by atoms with E-state index in [1.165, 1.54) is 21.5 Å². The van der Waals surface area contributed by atoms with Crippen molar-refractivity contribution < 1.29 is 9.59 Å². The van der Waals surface area contributed by atoms with Gasteiger partial charge in [0, 0.05) is 49.1 Å². The Balaban J connectivity index is 0.977. The molecule has 5 rings (SSSR count). The number of carbonyl (C=O) groups is 2. The molecule has 37 heavy (non-hydrogen) atoms. The first-order valence-electron chi connectivity index (χ1n) is 12.6. The Hall–Kier alpha value is -3.00. The van der Waals surface area contributed by atoms with E-state index >= 15 is 0 Å². The summed E-state index contributed by atoms with van der Waals surface area (Å²) in [6.07, 6.45) is 0. The molecule has 0 atom stereocenters. The molecule has 0 saturated carbocycles. The van der Waals surface area contributed by atoms with Crippen LogP contribution < -0.4 is 5.32 Å². The van der Waals surface area contributed by atoms with Crippen molar-refractivity contribution in [2.75, 3.05) is 50.8 Å². The minimum atomic E-state index is 0.0534. The zero-order valence-electron chi connectivity index (χ0n) is 20.8. The first kappa shape index (κ1) is 25.6. The fourth-order valence-corrected chi connectivity index (χ4v) is 6.15. The highest BCUT2D eigenvalue weighted by molar-refractivity contribution is 8.00. The van der Waals surface area contributed by atoms with Gasteiger partial charge in [-0.15, -0.1) is 23.5 Å². The third-order valence-electron chi connectivity index (χ3n) is 6.65. The van der Waals surface area contributed by atoms with E-state index in [9.17, 15) is 9.59 Å². The fraction of sp³-hybridized carbons (Fsp3) is 0.267. The lowest BCUT2D eigenvalue weighted by Gasteiger charge is -2.34. The summed E-state index contributed by atoms with van der Waals surface area (Å²) in [4.78, 5) is 31.6. The molecule has 0 spiro atoms. The maximum atomic E-state index is 12.7. The molecule has 5 nitrogen and oxygen atoms in total. The van der Waals surface area contributed by atoms with Crippen molar-refractivity contribution in [2.24, 2.45) is 0 Å². The number of hydrogen-bond acceptors (Lipinski definition) is 5. The van der Waals surface area contributed by atoms with Crippen molar-refractivity contribution in [2.45, 2.75) is 9.79 Å². The number of thioether (sulfide) groups is 2. The zero-order chi connectivity index (χ0) is 25.5. The minimum absolute atomic E-state index is 0.0534. The summed E-state index contributed by atoms with van der Waals surface area (Å²) in [5.41, 5.74) is 0. The van der Waals surface area contributed by atoms with Gasteiger partial charge >= 0.3 is 0 Å². The second-order valence-corrected chi connectivity index (χ2v) is 11.3. The van der Waals surface area contributed by atoms with Gasteiger partial charge in [0.1, 0.15) is 0 Å². The predicted octanol–water partition coefficient (Wildman–Crippen LogP) is 5.14. The summed E-state index contributed by atoms with van der Waals surface area (Å²) in [6.45, 7) is 4.59. The van der Waals surface area contributed by atoms with E-state index in [-0.39, 0.29) is 11.8 Å². The number of amides is 2. The summed E-state index contributed by atoms with van der Waals surface area (Å²) in [5, 5.41) is 7.86. The summed E-state index contributed by atoms with van der Waals surface area (Å²) in [6, 6.07) is 29.2. The van der Waals surface area contributed by atoms with Gasteiger partial charge in [0.15, 0.2) is 0 Å². The van der Waals surface area contributed by atoms with Crippen molar-refractivity contribution in [1.29, 1.82) is 0 Å². The van der Waals surface area contributed by atoms with Crippen LogP contribution in [0.3, 0.4) is 0 Å². The van der Waals surface area contributed by atoms with Crippen LogP contribution in [0.1, 0.15) is 0 Å². The van der Waals surface area contributed by atoms with Gasteiger partial charge in [-0.2, -0.15) is 0 Å². The number of nitrogens with one attached hydrogen (secondary N) is 1. The van der Waals surface area contributed by atoms with Crippen LogP contribution in [0.15, 0.2) is 94.7 Å². The van der Waals surface area contributed by atoms with Gasteiger partial charge in [-0.05, 0) is 45.8 Å². The lowest BCUT2D eigenvalue weighted by Crippen LogP contribution is -2.50. The average Bonchev–Trinajstić information content (AvgIpc) is 2.95. The number of fused-ring (bicyclic) bond motifs is 2. The quantitative estimate of drug-likeness (QED) is 0.305. The lowest BCUT2D eigenvalue weighted by atomic mass is 10.1. The third kappa shape index (κ3) is 7.06. The highest BCUT2D eigenvalue weighted by Gasteiger charge is 2.21. The molecule has 0 unspecified atom stereocenters. The molecule has 190 valence electrons. The van der Waals surface area contributed by atoms with Crippen LogP contribution in [0.4, 0.5) is 0 Å². The predicted molar refractivity (Wildman–Crippen MR) is 155 cm³/mol. The molecule has 0 aromatic heterocycles. The molecule has 1 N–H and O–H groups in total. The van der Waals surface area contributed by atoms with Crippen LogP contribution in [0.5, 0.6) is 0 Å². The topological polar surface area (TPSA) is 52.7 Å². The molecule has 1 aliphatic heterocycles. The molecule has 4 aromatic carbocycles. The smallest absolute Gasteiger partial charge is 0.233 e. The van der Waals surface area contributed by atoms with Crippen LogP contribution in [0.2, 0.25) is 0 Å². The first-order valence-corrected chi connectivity index (χ1v) is 14.6. The average molecular weight is 530 g/mol. The SMILES string of the molecule is O=C(CSc1ccc2ccccc2c1)NCCN1CCN(C(=O)CSc2ccc3ccccc3c2)CC1. The summed E-state index contributed by atoms with van der Waals surface area (Å²) in [7, 11) is 0. The van der Waals surface area contributed by atoms with Gasteiger partial charge < -0.3 is 10.2 Å². The van der Waals surface area contributed by atoms with Gasteiger partial charge in [-0.1, -0.05) is 60.7 Å². The van der Waals surface area contributed by atoms with E-state index in [1.807, 2.05) is 29.2 Å². The molecule has 1 heterocycles. The van der Waals surface area contributed by atoms with Gasteiger partial charge in [0.05, 0.1) is 11.5 Å². The van der Waals surface area contributed by atoms with E-state index in [2.05, 4.69) is 70.9 Å². The van der Waals surface area contributed by atoms with Crippen molar-refractivity contribution in [3.05, 3.63) is 84.9 Å². The Morgan fingerprint density at radius 2 is 1.22 bits per heavy atom. The number of piperazine rings is 1. The highest BCUT2D eigenvalue weighted by atomic mass is 32.2. The second-order valence-electron chi connectivity index (χ2n) is 9.17. The molecule has 0 radical (unpaired) electrons. The van der Waals surface area contributed by atoms with Gasteiger partial charge in [-0.3, -0.25) is 14.5 Å². The molecule has 0 bridgehead atoms. The van der Waals surface area contributed by atoms with Gasteiger partial charge in [-0.25, -0.2) is 0 Å². The van der Waals surface area contributed by atoms with Gasteiger partial charge in [0.25, 0.3) is 0 Å². The number of benzene rings is 4. The van der Waals surface area contributed by atoms with E-state index < -0.39 is 0 Å². The molecule has 1 fully saturated rings. The zero-order valence-corrected chi connectivity index (χ0v) is 22.4. The monoisotopic (exact) mass is 529 g/mol. The molecular formula is C30H31N3O2S2. The van der Waals surface area contributed by atoms with E-state index in [4.69, 9.17) is 0 Å². The Bertz CT molecular complexity index is 1380. The number of carbonyl (C=O) groups excluding carboxylic acids is 2. The standard InChI is InChI=1S/C30H31N3O2S2/c34-29(21-36-27-11-9-23-5-1-3-7-25(23)19-27)31-13-14-32-15-17-33(18-16-32)30(35)22-37-28-12-10-24-6-2-4-8-26(24)20-28/h1-12,19-20H,13-18,21-22H2,(H,31,34). The minimum Gasteiger partial charge on any atom is -0.354 e. The summed E-state index contributed by atoms with van der Waals surface area (Å²) in [5.74, 6) is 1.12. The van der Waals surface area contributed by atoms with Crippen LogP contribution >= 0.6 is 23.5 Å². The highest BCUT2D eigenvalue weighted by Crippen LogP contribution is 2.25. The molecule has 1 saturated heterocycles. The molecule has 7 heteroatoms. The van der Waals surface area contributed by atoms with E-state index in [0.717, 1.165) is 42.5 Å². The Morgan fingerprint density at radius 3 is 1.81 bits per heavy atom. The first-order chi connectivity index (χ1) is 18.1. The lowest BCUT2D eigenvalue weighted by molar-refractivity contribution is -0.130. The third-order valence-corrected chi connectivity index (χ3v) is 8.62. The molecule has 0 aliphatic carbocycles. The molecule has 1 aliphatic rings. The van der Waals surface area contributed by atoms with Gasteiger partial charge in [0.2, 0.25) is 11.8 Å². The van der Waals surface area contributed by atoms with E-state index in [1.54, 1.807) is 23.5 Å². The summed E-state index contributed by atoms with van der Waals surface area (Å²) < 4.78 is 0. The maximum absolute atomic E-state index is 12.7. The fourth-order valence-electron chi connectivity index (χ4n) is 4.52. The molecular weight excluding hydrogens is 498 g/mol. The van der Waals surface area contributed by atoms with Crippen molar-refractivity contribution >= 4 is 56.9 Å². The number of rotatable bonds is 9. The van der Waals surface area contributed by atoms with E-state index in [0.29, 0.717) is 18.1 Å². The number of hydrogen-bond donors (Lipinski definition) is 1. The van der Waals surface area contributed by atoms with Crippen LogP contribution in [-0.2, 0) is 9.59 Å². The Morgan fingerprint density at radius 1 is 0.676 bits per heavy atom. The van der Waals surface area contributed by atoms with Crippen molar-refractivity contribution in [3.8, 4) is 0 Å². The normalized spacial score (nSPS) is 14.2. The summed E-state index contributed by atoms with van der Waals surface area (Å²) >= 11 is 3.17. The van der Waals surface area contributed by atoms with Crippen molar-refractivity contribution in [3.63, 3.8) is 0 Å². The largest absolute Gasteiger partial charge is 0.354 e. The molecule has 2 amide bonds.